The summed E-state index contributed by atoms with van der Waals surface area (Å²) in [5, 5.41) is 12.8. The monoisotopic (exact) mass is 164 g/mol. The minimum Gasteiger partial charge on any atom is -0.385 e. The highest BCUT2D eigenvalue weighted by atomic mass is 16.3. The van der Waals surface area contributed by atoms with Gasteiger partial charge in [0.15, 0.2) is 0 Å². The standard InChI is InChI=1S/C9H12N2O/c1-6-7-3-2-4-10-9(7)8(12)5-11-6/h2-4,6,8,11-12H,5H2,1H3. The first-order valence-electron chi connectivity index (χ1n) is 4.15. The van der Waals surface area contributed by atoms with Gasteiger partial charge in [0.2, 0.25) is 0 Å². The summed E-state index contributed by atoms with van der Waals surface area (Å²) in [6.45, 7) is 2.68. The number of hydrogen-bond donors (Lipinski definition) is 2. The number of aromatic nitrogens is 1. The van der Waals surface area contributed by atoms with Gasteiger partial charge in [0.1, 0.15) is 6.10 Å². The van der Waals surface area contributed by atoms with Crippen LogP contribution in [0.3, 0.4) is 0 Å². The van der Waals surface area contributed by atoms with Gasteiger partial charge in [-0.1, -0.05) is 6.07 Å². The molecule has 1 aliphatic rings. The Labute approximate surface area is 71.4 Å². The van der Waals surface area contributed by atoms with Crippen molar-refractivity contribution in [3.8, 4) is 0 Å². The van der Waals surface area contributed by atoms with E-state index < -0.39 is 6.10 Å². The third kappa shape index (κ3) is 1.11. The van der Waals surface area contributed by atoms with E-state index >= 15 is 0 Å². The van der Waals surface area contributed by atoms with E-state index in [0.29, 0.717) is 12.6 Å². The molecule has 0 radical (unpaired) electrons. The van der Waals surface area contributed by atoms with Crippen molar-refractivity contribution in [3.05, 3.63) is 29.6 Å². The first kappa shape index (κ1) is 7.71. The van der Waals surface area contributed by atoms with Gasteiger partial charge in [-0.15, -0.1) is 0 Å². The minimum atomic E-state index is -0.447. The van der Waals surface area contributed by atoms with Crippen LogP contribution in [-0.2, 0) is 0 Å². The molecule has 1 aromatic rings. The molecule has 3 nitrogen and oxygen atoms in total. The zero-order valence-electron chi connectivity index (χ0n) is 6.99. The summed E-state index contributed by atoms with van der Waals surface area (Å²) in [6, 6.07) is 4.20. The van der Waals surface area contributed by atoms with Crippen molar-refractivity contribution in [1.82, 2.24) is 10.3 Å². The Morgan fingerprint density at radius 3 is 3.25 bits per heavy atom. The predicted molar refractivity (Wildman–Crippen MR) is 45.6 cm³/mol. The fourth-order valence-electron chi connectivity index (χ4n) is 1.57. The van der Waals surface area contributed by atoms with Gasteiger partial charge in [-0.3, -0.25) is 4.98 Å². The second kappa shape index (κ2) is 2.84. The van der Waals surface area contributed by atoms with E-state index in [0.717, 1.165) is 11.3 Å². The lowest BCUT2D eigenvalue weighted by molar-refractivity contribution is 0.153. The van der Waals surface area contributed by atoms with Crippen LogP contribution >= 0.6 is 0 Å². The number of pyridine rings is 1. The quantitative estimate of drug-likeness (QED) is 0.595. The van der Waals surface area contributed by atoms with Gasteiger partial charge >= 0.3 is 0 Å². The molecule has 2 atom stereocenters. The van der Waals surface area contributed by atoms with E-state index in [2.05, 4.69) is 17.2 Å². The highest BCUT2D eigenvalue weighted by molar-refractivity contribution is 5.27. The Kier molecular flexibility index (Phi) is 1.83. The van der Waals surface area contributed by atoms with Crippen molar-refractivity contribution in [2.45, 2.75) is 19.1 Å². The molecule has 0 saturated carbocycles. The lowest BCUT2D eigenvalue weighted by Gasteiger charge is -2.26. The summed E-state index contributed by atoms with van der Waals surface area (Å²) < 4.78 is 0. The number of fused-ring (bicyclic) bond motifs is 1. The largest absolute Gasteiger partial charge is 0.385 e. The molecule has 1 aliphatic heterocycles. The topological polar surface area (TPSA) is 45.1 Å². The molecule has 0 spiro atoms. The summed E-state index contributed by atoms with van der Waals surface area (Å²) in [5.41, 5.74) is 1.93. The molecule has 0 aromatic carbocycles. The number of nitrogens with zero attached hydrogens (tertiary/aromatic N) is 1. The molecule has 12 heavy (non-hydrogen) atoms. The third-order valence-electron chi connectivity index (χ3n) is 2.27. The molecule has 0 aliphatic carbocycles. The van der Waals surface area contributed by atoms with Crippen LogP contribution in [0, 0.1) is 0 Å². The number of aliphatic hydroxyl groups excluding tert-OH is 1. The average Bonchev–Trinajstić information content (AvgIpc) is 2.12. The Morgan fingerprint density at radius 1 is 1.67 bits per heavy atom. The first-order valence-corrected chi connectivity index (χ1v) is 4.15. The lowest BCUT2D eigenvalue weighted by Crippen LogP contribution is -2.32. The molecule has 0 saturated heterocycles. The molecule has 0 amide bonds. The average molecular weight is 164 g/mol. The normalized spacial score (nSPS) is 28.2. The van der Waals surface area contributed by atoms with E-state index in [9.17, 15) is 5.11 Å². The van der Waals surface area contributed by atoms with Crippen molar-refractivity contribution in [3.63, 3.8) is 0 Å². The molecular formula is C9H12N2O. The maximum absolute atomic E-state index is 9.55. The third-order valence-corrected chi connectivity index (χ3v) is 2.27. The zero-order chi connectivity index (χ0) is 8.55. The fraction of sp³-hybridized carbons (Fsp3) is 0.444. The number of hydrogen-bond acceptors (Lipinski definition) is 3. The molecule has 2 rings (SSSR count). The Morgan fingerprint density at radius 2 is 2.50 bits per heavy atom. The summed E-state index contributed by atoms with van der Waals surface area (Å²) in [5.74, 6) is 0. The van der Waals surface area contributed by atoms with E-state index in [1.54, 1.807) is 6.20 Å². The maximum Gasteiger partial charge on any atom is 0.109 e. The summed E-state index contributed by atoms with van der Waals surface area (Å²) in [7, 11) is 0. The number of β-amino-alcohol motifs (C(OH)–C–C–N with tert-alkyl or cyclic N) is 1. The van der Waals surface area contributed by atoms with E-state index in [4.69, 9.17) is 0 Å². The molecular weight excluding hydrogens is 152 g/mol. The van der Waals surface area contributed by atoms with Crippen LogP contribution in [-0.4, -0.2) is 16.6 Å². The van der Waals surface area contributed by atoms with Crippen molar-refractivity contribution in [2.24, 2.45) is 0 Å². The van der Waals surface area contributed by atoms with Crippen LogP contribution < -0.4 is 5.32 Å². The molecule has 0 fully saturated rings. The van der Waals surface area contributed by atoms with Crippen molar-refractivity contribution < 1.29 is 5.11 Å². The Balaban J connectivity index is 2.47. The second-order valence-corrected chi connectivity index (χ2v) is 3.12. The van der Waals surface area contributed by atoms with Crippen LogP contribution in [0.4, 0.5) is 0 Å². The number of nitrogens with one attached hydrogen (secondary N) is 1. The van der Waals surface area contributed by atoms with Crippen LogP contribution in [0.25, 0.3) is 0 Å². The van der Waals surface area contributed by atoms with Crippen LogP contribution in [0.2, 0.25) is 0 Å². The highest BCUT2D eigenvalue weighted by Crippen LogP contribution is 2.25. The Bertz CT molecular complexity index is 259. The minimum absolute atomic E-state index is 0.303. The van der Waals surface area contributed by atoms with Gasteiger partial charge in [0.25, 0.3) is 0 Å². The second-order valence-electron chi connectivity index (χ2n) is 3.12. The van der Waals surface area contributed by atoms with Crippen LogP contribution in [0.1, 0.15) is 30.3 Å². The molecule has 2 unspecified atom stereocenters. The van der Waals surface area contributed by atoms with Gasteiger partial charge in [-0.2, -0.15) is 0 Å². The van der Waals surface area contributed by atoms with Gasteiger partial charge in [0, 0.05) is 18.8 Å². The van der Waals surface area contributed by atoms with E-state index in [1.165, 1.54) is 0 Å². The summed E-state index contributed by atoms with van der Waals surface area (Å²) in [4.78, 5) is 4.16. The van der Waals surface area contributed by atoms with Crippen LogP contribution in [0.5, 0.6) is 0 Å². The van der Waals surface area contributed by atoms with Crippen molar-refractivity contribution in [1.29, 1.82) is 0 Å². The molecule has 2 N–H and O–H groups in total. The molecule has 3 heteroatoms. The van der Waals surface area contributed by atoms with E-state index in [-0.39, 0.29) is 0 Å². The fourth-order valence-corrected chi connectivity index (χ4v) is 1.57. The van der Waals surface area contributed by atoms with Crippen molar-refractivity contribution in [2.75, 3.05) is 6.54 Å². The first-order chi connectivity index (χ1) is 5.79. The smallest absolute Gasteiger partial charge is 0.109 e. The number of aliphatic hydroxyl groups is 1. The van der Waals surface area contributed by atoms with E-state index in [1.807, 2.05) is 12.1 Å². The zero-order valence-corrected chi connectivity index (χ0v) is 6.99. The Hall–Kier alpha value is -0.930. The molecule has 0 bridgehead atoms. The predicted octanol–water partition coefficient (Wildman–Crippen LogP) is 0.779. The summed E-state index contributed by atoms with van der Waals surface area (Å²) >= 11 is 0. The van der Waals surface area contributed by atoms with Gasteiger partial charge < -0.3 is 10.4 Å². The van der Waals surface area contributed by atoms with Crippen LogP contribution in [0.15, 0.2) is 18.3 Å². The SMILES string of the molecule is CC1NCC(O)c2ncccc21. The molecule has 64 valence electrons. The van der Waals surface area contributed by atoms with Gasteiger partial charge in [0.05, 0.1) is 5.69 Å². The van der Waals surface area contributed by atoms with Crippen molar-refractivity contribution >= 4 is 0 Å². The summed E-state index contributed by atoms with van der Waals surface area (Å²) in [6.07, 6.45) is 1.28. The lowest BCUT2D eigenvalue weighted by atomic mass is 9.99. The van der Waals surface area contributed by atoms with Gasteiger partial charge in [-0.05, 0) is 18.6 Å². The highest BCUT2D eigenvalue weighted by Gasteiger charge is 2.22. The maximum atomic E-state index is 9.55. The number of rotatable bonds is 0. The van der Waals surface area contributed by atoms with Gasteiger partial charge in [-0.25, -0.2) is 0 Å². The molecule has 1 aromatic heterocycles. The molecule has 2 heterocycles.